The normalized spacial score (nSPS) is 11.9. The molecule has 0 aliphatic rings. The highest BCUT2D eigenvalue weighted by molar-refractivity contribution is 14.1. The van der Waals surface area contributed by atoms with Gasteiger partial charge in [0.15, 0.2) is 14.6 Å². The van der Waals surface area contributed by atoms with E-state index >= 15 is 0 Å². The summed E-state index contributed by atoms with van der Waals surface area (Å²) in [5, 5.41) is 0. The number of aromatic amines is 1. The third-order valence-electron chi connectivity index (χ3n) is 3.15. The second-order valence-corrected chi connectivity index (χ2v) is 8.28. The molecule has 0 saturated heterocycles. The number of imidazole rings is 1. The number of fused-ring (bicyclic) bond motifs is 1. The van der Waals surface area contributed by atoms with Crippen LogP contribution in [0, 0.1) is 8.34 Å². The first-order valence-corrected chi connectivity index (χ1v) is 9.45. The van der Waals surface area contributed by atoms with Gasteiger partial charge in [-0.2, -0.15) is 0 Å². The van der Waals surface area contributed by atoms with Gasteiger partial charge < -0.3 is 4.98 Å². The van der Waals surface area contributed by atoms with Crippen LogP contribution in [0.25, 0.3) is 16.7 Å². The highest BCUT2D eigenvalue weighted by Gasteiger charge is 2.16. The Kier molecular flexibility index (Phi) is 3.66. The van der Waals surface area contributed by atoms with Gasteiger partial charge in [0.2, 0.25) is 0 Å². The lowest BCUT2D eigenvalue weighted by molar-refractivity contribution is 0.602. The maximum Gasteiger partial charge on any atom is 0.182 e. The molecule has 1 N–H and O–H groups in total. The number of para-hydroxylation sites is 1. The summed E-state index contributed by atoms with van der Waals surface area (Å²) in [5.41, 5.74) is 2.21. The molecule has 3 aromatic rings. The van der Waals surface area contributed by atoms with Gasteiger partial charge in [0.1, 0.15) is 0 Å². The zero-order chi connectivity index (χ0) is 15.2. The lowest BCUT2D eigenvalue weighted by Crippen LogP contribution is -1.98. The fourth-order valence-electron chi connectivity index (χ4n) is 2.28. The maximum absolute atomic E-state index is 11.9. The quantitative estimate of drug-likeness (QED) is 0.499. The average Bonchev–Trinajstić information content (AvgIpc) is 2.73. The predicted octanol–water partition coefficient (Wildman–Crippen LogP) is 3.70. The first kappa shape index (κ1) is 14.7. The molecule has 0 radical (unpaired) electrons. The molecule has 2 aromatic carbocycles. The molecule has 0 amide bonds. The van der Waals surface area contributed by atoms with Crippen molar-refractivity contribution in [3.63, 3.8) is 0 Å². The summed E-state index contributed by atoms with van der Waals surface area (Å²) in [6.07, 6.45) is 1.20. The molecule has 0 spiro atoms. The Hall–Kier alpha value is -1.19. The molecule has 0 aliphatic heterocycles. The van der Waals surface area contributed by atoms with Gasteiger partial charge in [0, 0.05) is 15.5 Å². The van der Waals surface area contributed by atoms with E-state index in [1.165, 1.54) is 6.26 Å². The van der Waals surface area contributed by atoms with Gasteiger partial charge >= 0.3 is 0 Å². The molecule has 7 heteroatoms. The minimum Gasteiger partial charge on any atom is -0.329 e. The number of aromatic nitrogens is 2. The van der Waals surface area contributed by atoms with Crippen molar-refractivity contribution in [2.45, 2.75) is 4.90 Å². The molecule has 0 unspecified atom stereocenters. The van der Waals surface area contributed by atoms with E-state index in [1.807, 2.05) is 34.9 Å². The summed E-state index contributed by atoms with van der Waals surface area (Å²) in [6, 6.07) is 13.0. The zero-order valence-electron chi connectivity index (χ0n) is 11.0. The topological polar surface area (TPSA) is 54.9 Å². The van der Waals surface area contributed by atoms with Crippen molar-refractivity contribution in [2.24, 2.45) is 0 Å². The highest BCUT2D eigenvalue weighted by Crippen LogP contribution is 2.25. The van der Waals surface area contributed by atoms with Crippen molar-refractivity contribution >= 4 is 55.7 Å². The van der Waals surface area contributed by atoms with Crippen LogP contribution < -0.4 is 0 Å². The van der Waals surface area contributed by atoms with Crippen molar-refractivity contribution in [1.82, 2.24) is 9.55 Å². The number of benzene rings is 2. The van der Waals surface area contributed by atoms with Crippen molar-refractivity contribution in [2.75, 3.05) is 6.26 Å². The number of H-pyrrole nitrogens is 1. The molecule has 0 saturated carbocycles. The largest absolute Gasteiger partial charge is 0.329 e. The summed E-state index contributed by atoms with van der Waals surface area (Å²) in [4.78, 5) is 3.28. The molecule has 0 fully saturated rings. The third kappa shape index (κ3) is 2.65. The average molecular weight is 430 g/mol. The molecule has 4 nitrogen and oxygen atoms in total. The summed E-state index contributed by atoms with van der Waals surface area (Å²) < 4.78 is 27.2. The van der Waals surface area contributed by atoms with Crippen LogP contribution in [0.3, 0.4) is 0 Å². The minimum absolute atomic E-state index is 0.260. The van der Waals surface area contributed by atoms with E-state index in [2.05, 4.69) is 27.6 Å². The van der Waals surface area contributed by atoms with Gasteiger partial charge in [-0.15, -0.1) is 0 Å². The standard InChI is InChI=1S/C14H11IN2O2S2/c1-21(18,19)12-7-3-6-11-13(12)16-14(20)17(11)10-5-2-4-9(15)8-10/h2-8H,1H3,(H,16,20). The van der Waals surface area contributed by atoms with Gasteiger partial charge in [-0.25, -0.2) is 8.42 Å². The SMILES string of the molecule is CS(=O)(=O)c1cccc2c1[nH]c(=S)n2-c1cccc(I)c1. The molecule has 108 valence electrons. The predicted molar refractivity (Wildman–Crippen MR) is 94.3 cm³/mol. The second kappa shape index (κ2) is 5.22. The maximum atomic E-state index is 11.9. The molecule has 0 atom stereocenters. The number of rotatable bonds is 2. The van der Waals surface area contributed by atoms with Gasteiger partial charge in [0.25, 0.3) is 0 Å². The Morgan fingerprint density at radius 1 is 1.19 bits per heavy atom. The summed E-state index contributed by atoms with van der Waals surface area (Å²) in [6.45, 7) is 0. The second-order valence-electron chi connectivity index (χ2n) is 4.67. The molecule has 1 aromatic heterocycles. The Bertz CT molecular complexity index is 1000. The fraction of sp³-hybridized carbons (Fsp3) is 0.0714. The minimum atomic E-state index is -3.32. The van der Waals surface area contributed by atoms with E-state index in [0.717, 1.165) is 14.8 Å². The Morgan fingerprint density at radius 2 is 1.90 bits per heavy atom. The van der Waals surface area contributed by atoms with Crippen LogP contribution in [0.2, 0.25) is 0 Å². The third-order valence-corrected chi connectivity index (χ3v) is 5.24. The molecule has 21 heavy (non-hydrogen) atoms. The summed E-state index contributed by atoms with van der Waals surface area (Å²) >= 11 is 7.60. The van der Waals surface area contributed by atoms with E-state index < -0.39 is 9.84 Å². The highest BCUT2D eigenvalue weighted by atomic mass is 127. The number of hydrogen-bond donors (Lipinski definition) is 1. The lowest BCUT2D eigenvalue weighted by Gasteiger charge is -2.06. The molecule has 0 aliphatic carbocycles. The van der Waals surface area contributed by atoms with Crippen molar-refractivity contribution < 1.29 is 8.42 Å². The van der Waals surface area contributed by atoms with E-state index in [9.17, 15) is 8.42 Å². The number of sulfone groups is 1. The van der Waals surface area contributed by atoms with Crippen LogP contribution >= 0.6 is 34.8 Å². The van der Waals surface area contributed by atoms with Crippen molar-refractivity contribution in [3.05, 3.63) is 50.8 Å². The Labute approximate surface area is 140 Å². The fourth-order valence-corrected chi connectivity index (χ4v) is 3.97. The number of nitrogens with zero attached hydrogens (tertiary/aromatic N) is 1. The summed E-state index contributed by atoms with van der Waals surface area (Å²) in [7, 11) is -3.32. The molecule has 3 rings (SSSR count). The van der Waals surface area contributed by atoms with Crippen LogP contribution in [-0.4, -0.2) is 24.2 Å². The summed E-state index contributed by atoms with van der Waals surface area (Å²) in [5.74, 6) is 0. The number of halogens is 1. The number of hydrogen-bond acceptors (Lipinski definition) is 3. The zero-order valence-corrected chi connectivity index (χ0v) is 14.8. The molecule has 1 heterocycles. The van der Waals surface area contributed by atoms with Crippen LogP contribution in [0.4, 0.5) is 0 Å². The van der Waals surface area contributed by atoms with E-state index in [4.69, 9.17) is 12.2 Å². The Balaban J connectivity index is 2.42. The van der Waals surface area contributed by atoms with E-state index in [1.54, 1.807) is 12.1 Å². The van der Waals surface area contributed by atoms with Crippen LogP contribution in [0.15, 0.2) is 47.4 Å². The molecular weight excluding hydrogens is 419 g/mol. The van der Waals surface area contributed by atoms with Gasteiger partial charge in [-0.3, -0.25) is 4.57 Å². The molecule has 0 bridgehead atoms. The first-order valence-electron chi connectivity index (χ1n) is 6.08. The monoisotopic (exact) mass is 430 g/mol. The van der Waals surface area contributed by atoms with Gasteiger partial charge in [0.05, 0.1) is 15.9 Å². The van der Waals surface area contributed by atoms with E-state index in [0.29, 0.717) is 10.3 Å². The van der Waals surface area contributed by atoms with Crippen molar-refractivity contribution in [1.29, 1.82) is 0 Å². The Morgan fingerprint density at radius 3 is 2.57 bits per heavy atom. The van der Waals surface area contributed by atoms with Crippen molar-refractivity contribution in [3.8, 4) is 5.69 Å². The van der Waals surface area contributed by atoms with Crippen LogP contribution in [-0.2, 0) is 9.84 Å². The smallest absolute Gasteiger partial charge is 0.182 e. The number of nitrogens with one attached hydrogen (secondary N) is 1. The van der Waals surface area contributed by atoms with E-state index in [-0.39, 0.29) is 4.90 Å². The van der Waals surface area contributed by atoms with Gasteiger partial charge in [-0.1, -0.05) is 12.1 Å². The first-order chi connectivity index (χ1) is 9.88. The molecular formula is C14H11IN2O2S2. The van der Waals surface area contributed by atoms with Crippen LogP contribution in [0.1, 0.15) is 0 Å². The lowest BCUT2D eigenvalue weighted by atomic mass is 10.3. The van der Waals surface area contributed by atoms with Gasteiger partial charge in [-0.05, 0) is 65.1 Å². The van der Waals surface area contributed by atoms with Crippen LogP contribution in [0.5, 0.6) is 0 Å².